The SMILES string of the molecule is CCNC(=O)CCNc1ccc(N(CC)CC)cc1. The van der Waals surface area contributed by atoms with Gasteiger partial charge in [0.05, 0.1) is 0 Å². The highest BCUT2D eigenvalue weighted by Gasteiger charge is 2.02. The molecular weight excluding hydrogens is 238 g/mol. The number of hydrogen-bond donors (Lipinski definition) is 2. The first kappa shape index (κ1) is 15.3. The molecule has 0 spiro atoms. The minimum atomic E-state index is 0.0924. The van der Waals surface area contributed by atoms with Crippen molar-refractivity contribution in [2.75, 3.05) is 36.4 Å². The van der Waals surface area contributed by atoms with Crippen LogP contribution in [-0.2, 0) is 4.79 Å². The van der Waals surface area contributed by atoms with Gasteiger partial charge in [-0.25, -0.2) is 0 Å². The van der Waals surface area contributed by atoms with E-state index in [0.717, 1.165) is 18.8 Å². The van der Waals surface area contributed by atoms with Crippen molar-refractivity contribution in [3.63, 3.8) is 0 Å². The molecule has 0 bridgehead atoms. The summed E-state index contributed by atoms with van der Waals surface area (Å²) in [5, 5.41) is 6.04. The molecule has 1 rings (SSSR count). The Balaban J connectivity index is 2.42. The molecule has 1 aromatic rings. The third-order valence-corrected chi connectivity index (χ3v) is 3.05. The first-order valence-corrected chi connectivity index (χ1v) is 7.06. The summed E-state index contributed by atoms with van der Waals surface area (Å²) >= 11 is 0. The second kappa shape index (κ2) is 8.40. The molecule has 0 heterocycles. The van der Waals surface area contributed by atoms with E-state index in [2.05, 4.69) is 53.6 Å². The van der Waals surface area contributed by atoms with Crippen LogP contribution in [0.3, 0.4) is 0 Å². The van der Waals surface area contributed by atoms with Crippen LogP contribution in [0.2, 0.25) is 0 Å². The molecule has 0 unspecified atom stereocenters. The lowest BCUT2D eigenvalue weighted by molar-refractivity contribution is -0.120. The summed E-state index contributed by atoms with van der Waals surface area (Å²) in [4.78, 5) is 13.6. The van der Waals surface area contributed by atoms with Gasteiger partial charge in [0.1, 0.15) is 0 Å². The van der Waals surface area contributed by atoms with Crippen LogP contribution < -0.4 is 15.5 Å². The number of carbonyl (C=O) groups excluding carboxylic acids is 1. The van der Waals surface area contributed by atoms with Crippen molar-refractivity contribution in [3.8, 4) is 0 Å². The molecule has 0 aliphatic heterocycles. The van der Waals surface area contributed by atoms with E-state index in [4.69, 9.17) is 0 Å². The van der Waals surface area contributed by atoms with Gasteiger partial charge in [-0.2, -0.15) is 0 Å². The van der Waals surface area contributed by atoms with Gasteiger partial charge in [-0.3, -0.25) is 4.79 Å². The van der Waals surface area contributed by atoms with E-state index in [1.54, 1.807) is 0 Å². The van der Waals surface area contributed by atoms with Gasteiger partial charge in [-0.15, -0.1) is 0 Å². The van der Waals surface area contributed by atoms with Gasteiger partial charge in [0.15, 0.2) is 0 Å². The molecule has 0 aromatic heterocycles. The Morgan fingerprint density at radius 2 is 1.74 bits per heavy atom. The average Bonchev–Trinajstić information content (AvgIpc) is 2.42. The van der Waals surface area contributed by atoms with E-state index >= 15 is 0 Å². The van der Waals surface area contributed by atoms with E-state index in [-0.39, 0.29) is 5.91 Å². The maximum absolute atomic E-state index is 11.3. The van der Waals surface area contributed by atoms with Crippen LogP contribution in [0.25, 0.3) is 0 Å². The fourth-order valence-electron chi connectivity index (χ4n) is 1.98. The molecule has 0 aliphatic rings. The fraction of sp³-hybridized carbons (Fsp3) is 0.533. The minimum absolute atomic E-state index is 0.0924. The van der Waals surface area contributed by atoms with E-state index in [1.807, 2.05) is 6.92 Å². The Morgan fingerprint density at radius 1 is 1.11 bits per heavy atom. The van der Waals surface area contributed by atoms with Gasteiger partial charge in [0.2, 0.25) is 5.91 Å². The molecule has 0 saturated carbocycles. The smallest absolute Gasteiger partial charge is 0.221 e. The second-order valence-corrected chi connectivity index (χ2v) is 4.35. The Bertz CT molecular complexity index is 371. The Hall–Kier alpha value is -1.71. The van der Waals surface area contributed by atoms with Gasteiger partial charge in [0.25, 0.3) is 0 Å². The molecule has 0 aliphatic carbocycles. The largest absolute Gasteiger partial charge is 0.385 e. The first-order chi connectivity index (χ1) is 9.21. The van der Waals surface area contributed by atoms with Gasteiger partial charge >= 0.3 is 0 Å². The topological polar surface area (TPSA) is 44.4 Å². The van der Waals surface area contributed by atoms with Gasteiger partial charge in [-0.05, 0) is 45.0 Å². The average molecular weight is 263 g/mol. The van der Waals surface area contributed by atoms with Crippen LogP contribution >= 0.6 is 0 Å². The highest BCUT2D eigenvalue weighted by atomic mass is 16.1. The zero-order chi connectivity index (χ0) is 14.1. The van der Waals surface area contributed by atoms with Gasteiger partial charge < -0.3 is 15.5 Å². The molecule has 1 amide bonds. The van der Waals surface area contributed by atoms with Crippen molar-refractivity contribution in [2.24, 2.45) is 0 Å². The lowest BCUT2D eigenvalue weighted by atomic mass is 10.2. The van der Waals surface area contributed by atoms with Crippen LogP contribution in [0, 0.1) is 0 Å². The minimum Gasteiger partial charge on any atom is -0.385 e. The summed E-state index contributed by atoms with van der Waals surface area (Å²) in [7, 11) is 0. The van der Waals surface area contributed by atoms with E-state index in [1.165, 1.54) is 5.69 Å². The number of amides is 1. The number of anilines is 2. The van der Waals surface area contributed by atoms with Gasteiger partial charge in [-0.1, -0.05) is 0 Å². The number of benzene rings is 1. The third-order valence-electron chi connectivity index (χ3n) is 3.05. The second-order valence-electron chi connectivity index (χ2n) is 4.35. The van der Waals surface area contributed by atoms with Gasteiger partial charge in [0, 0.05) is 44.0 Å². The third kappa shape index (κ3) is 5.20. The number of nitrogens with zero attached hydrogens (tertiary/aromatic N) is 1. The van der Waals surface area contributed by atoms with Crippen LogP contribution in [-0.4, -0.2) is 32.1 Å². The molecule has 4 heteroatoms. The highest BCUT2D eigenvalue weighted by Crippen LogP contribution is 2.17. The lowest BCUT2D eigenvalue weighted by Gasteiger charge is -2.21. The fourth-order valence-corrected chi connectivity index (χ4v) is 1.98. The zero-order valence-electron chi connectivity index (χ0n) is 12.2. The summed E-state index contributed by atoms with van der Waals surface area (Å²) in [6.07, 6.45) is 0.506. The maximum atomic E-state index is 11.3. The molecule has 19 heavy (non-hydrogen) atoms. The van der Waals surface area contributed by atoms with Crippen LogP contribution in [0.1, 0.15) is 27.2 Å². The van der Waals surface area contributed by atoms with Crippen LogP contribution in [0.4, 0.5) is 11.4 Å². The lowest BCUT2D eigenvalue weighted by Crippen LogP contribution is -2.24. The van der Waals surface area contributed by atoms with Crippen molar-refractivity contribution in [1.82, 2.24) is 5.32 Å². The molecular formula is C15H25N3O. The summed E-state index contributed by atoms with van der Waals surface area (Å²) < 4.78 is 0. The number of nitrogens with one attached hydrogen (secondary N) is 2. The van der Waals surface area contributed by atoms with Crippen molar-refractivity contribution < 1.29 is 4.79 Å². The quantitative estimate of drug-likeness (QED) is 0.757. The van der Waals surface area contributed by atoms with E-state index in [9.17, 15) is 4.79 Å². The molecule has 2 N–H and O–H groups in total. The zero-order valence-corrected chi connectivity index (χ0v) is 12.2. The van der Waals surface area contributed by atoms with Crippen LogP contribution in [0.5, 0.6) is 0 Å². The van der Waals surface area contributed by atoms with Crippen molar-refractivity contribution in [3.05, 3.63) is 24.3 Å². The molecule has 1 aromatic carbocycles. The summed E-state index contributed by atoms with van der Waals surface area (Å²) in [6.45, 7) is 9.62. The molecule has 4 nitrogen and oxygen atoms in total. The van der Waals surface area contributed by atoms with Crippen molar-refractivity contribution >= 4 is 17.3 Å². The Kier molecular flexibility index (Phi) is 6.79. The van der Waals surface area contributed by atoms with Crippen molar-refractivity contribution in [1.29, 1.82) is 0 Å². The highest BCUT2D eigenvalue weighted by molar-refractivity contribution is 5.76. The number of hydrogen-bond acceptors (Lipinski definition) is 3. The predicted octanol–water partition coefficient (Wildman–Crippen LogP) is 2.47. The van der Waals surface area contributed by atoms with Crippen molar-refractivity contribution in [2.45, 2.75) is 27.2 Å². The predicted molar refractivity (Wildman–Crippen MR) is 81.8 cm³/mol. The molecule has 0 saturated heterocycles. The Labute approximate surface area is 116 Å². The maximum Gasteiger partial charge on any atom is 0.221 e. The standard InChI is InChI=1S/C15H25N3O/c1-4-16-15(19)11-12-17-13-7-9-14(10-8-13)18(5-2)6-3/h7-10,17H,4-6,11-12H2,1-3H3,(H,16,19). The number of carbonyl (C=O) groups is 1. The molecule has 0 fully saturated rings. The summed E-state index contributed by atoms with van der Waals surface area (Å²) in [6, 6.07) is 8.35. The normalized spacial score (nSPS) is 10.1. The summed E-state index contributed by atoms with van der Waals surface area (Å²) in [5.74, 6) is 0.0924. The van der Waals surface area contributed by atoms with E-state index in [0.29, 0.717) is 19.5 Å². The molecule has 0 radical (unpaired) electrons. The summed E-state index contributed by atoms with van der Waals surface area (Å²) in [5.41, 5.74) is 2.29. The number of rotatable bonds is 8. The van der Waals surface area contributed by atoms with Crippen LogP contribution in [0.15, 0.2) is 24.3 Å². The van der Waals surface area contributed by atoms with E-state index < -0.39 is 0 Å². The monoisotopic (exact) mass is 263 g/mol. The Morgan fingerprint density at radius 3 is 2.26 bits per heavy atom. The molecule has 106 valence electrons. The first-order valence-electron chi connectivity index (χ1n) is 7.06. The molecule has 0 atom stereocenters.